The Bertz CT molecular complexity index is 328. The summed E-state index contributed by atoms with van der Waals surface area (Å²) in [6.45, 7) is 0.299. The molecule has 1 aromatic rings. The Hall–Kier alpha value is -0.950. The normalized spacial score (nSPS) is 14.5. The molecule has 0 amide bonds. The number of aliphatic hydroxyl groups is 2. The van der Waals surface area contributed by atoms with Crippen molar-refractivity contribution in [3.63, 3.8) is 0 Å². The van der Waals surface area contributed by atoms with Crippen molar-refractivity contribution < 1.29 is 20.1 Å². The van der Waals surface area contributed by atoms with Gasteiger partial charge in [0.25, 0.3) is 0 Å². The number of carboxylic acid groups (broad SMARTS) is 1. The Kier molecular flexibility index (Phi) is 6.13. The zero-order valence-electron chi connectivity index (χ0n) is 9.37. The zero-order valence-corrected chi connectivity index (χ0v) is 10.2. The molecule has 5 nitrogen and oxygen atoms in total. The first-order chi connectivity index (χ1) is 8.15. The Balaban J connectivity index is 2.57. The summed E-state index contributed by atoms with van der Waals surface area (Å²) in [6, 6.07) is 3.30. The average Bonchev–Trinajstić information content (AvgIpc) is 2.81. The molecule has 1 heterocycles. The lowest BCUT2D eigenvalue weighted by Gasteiger charge is -2.22. The summed E-state index contributed by atoms with van der Waals surface area (Å²) < 4.78 is 0. The molecule has 96 valence electrons. The number of carboxylic acids is 1. The van der Waals surface area contributed by atoms with E-state index in [-0.39, 0.29) is 19.1 Å². The third-order valence-corrected chi connectivity index (χ3v) is 3.35. The fourth-order valence-corrected chi connectivity index (χ4v) is 2.33. The average molecular weight is 259 g/mol. The second kappa shape index (κ2) is 7.39. The summed E-state index contributed by atoms with van der Waals surface area (Å²) in [5, 5.41) is 32.3. The summed E-state index contributed by atoms with van der Waals surface area (Å²) in [7, 11) is 0. The Labute approximate surface area is 104 Å². The summed E-state index contributed by atoms with van der Waals surface area (Å²) >= 11 is 1.43. The molecule has 0 aliphatic carbocycles. The van der Waals surface area contributed by atoms with Crippen molar-refractivity contribution in [3.05, 3.63) is 22.4 Å². The van der Waals surface area contributed by atoms with Crippen LogP contribution in [0.1, 0.15) is 23.8 Å². The number of aliphatic carboxylic acids is 1. The maximum absolute atomic E-state index is 10.5. The lowest BCUT2D eigenvalue weighted by Crippen LogP contribution is -2.37. The van der Waals surface area contributed by atoms with Crippen LogP contribution >= 0.6 is 11.3 Å². The third-order valence-electron chi connectivity index (χ3n) is 2.40. The number of nitrogens with one attached hydrogen (secondary N) is 1. The summed E-state index contributed by atoms with van der Waals surface area (Å²) in [6.07, 6.45) is -0.416. The monoisotopic (exact) mass is 259 g/mol. The van der Waals surface area contributed by atoms with Gasteiger partial charge in [0, 0.05) is 23.9 Å². The predicted octanol–water partition coefficient (Wildman–Crippen LogP) is 0.597. The van der Waals surface area contributed by atoms with Crippen LogP contribution in [0.3, 0.4) is 0 Å². The van der Waals surface area contributed by atoms with Crippen LogP contribution in [0.4, 0.5) is 0 Å². The second-order valence-corrected chi connectivity index (χ2v) is 4.66. The number of thiophene rings is 1. The number of rotatable bonds is 8. The van der Waals surface area contributed by atoms with E-state index in [2.05, 4.69) is 5.32 Å². The molecule has 0 saturated heterocycles. The van der Waals surface area contributed by atoms with Crippen molar-refractivity contribution in [1.82, 2.24) is 5.32 Å². The van der Waals surface area contributed by atoms with Crippen LogP contribution in [0, 0.1) is 0 Å². The maximum Gasteiger partial charge on any atom is 0.303 e. The largest absolute Gasteiger partial charge is 0.481 e. The number of hydrogen-bond acceptors (Lipinski definition) is 5. The highest BCUT2D eigenvalue weighted by Crippen LogP contribution is 2.24. The number of hydrogen-bond donors (Lipinski definition) is 4. The van der Waals surface area contributed by atoms with Crippen LogP contribution in [0.15, 0.2) is 17.5 Å². The molecule has 17 heavy (non-hydrogen) atoms. The minimum atomic E-state index is -0.890. The maximum atomic E-state index is 10.5. The SMILES string of the molecule is O=C(O)CCC(NCCO)C(O)c1cccs1. The topological polar surface area (TPSA) is 89.8 Å². The lowest BCUT2D eigenvalue weighted by molar-refractivity contribution is -0.137. The third kappa shape index (κ3) is 4.82. The summed E-state index contributed by atoms with van der Waals surface area (Å²) in [4.78, 5) is 11.3. The van der Waals surface area contributed by atoms with Crippen LogP contribution < -0.4 is 5.32 Å². The molecule has 0 spiro atoms. The van der Waals surface area contributed by atoms with Gasteiger partial charge in [-0.1, -0.05) is 6.07 Å². The van der Waals surface area contributed by atoms with E-state index in [9.17, 15) is 9.90 Å². The van der Waals surface area contributed by atoms with E-state index < -0.39 is 12.1 Å². The van der Waals surface area contributed by atoms with Crippen LogP contribution in [0.25, 0.3) is 0 Å². The first-order valence-corrected chi connectivity index (χ1v) is 6.30. The molecule has 0 aromatic carbocycles. The molecule has 1 rings (SSSR count). The van der Waals surface area contributed by atoms with Gasteiger partial charge in [0.05, 0.1) is 6.61 Å². The highest BCUT2D eigenvalue weighted by molar-refractivity contribution is 7.10. The number of carbonyl (C=O) groups is 1. The van der Waals surface area contributed by atoms with Gasteiger partial charge in [0.2, 0.25) is 0 Å². The van der Waals surface area contributed by atoms with Gasteiger partial charge in [0.15, 0.2) is 0 Å². The van der Waals surface area contributed by atoms with E-state index in [0.717, 1.165) is 4.88 Å². The fourth-order valence-electron chi connectivity index (χ4n) is 1.56. The first-order valence-electron chi connectivity index (χ1n) is 5.42. The highest BCUT2D eigenvalue weighted by Gasteiger charge is 2.21. The molecule has 0 radical (unpaired) electrons. The minimum Gasteiger partial charge on any atom is -0.481 e. The molecule has 2 unspecified atom stereocenters. The standard InChI is InChI=1S/C11H17NO4S/c13-6-5-12-8(3-4-10(14)15)11(16)9-2-1-7-17-9/h1-2,7-8,11-13,16H,3-6H2,(H,14,15). The molecular formula is C11H17NO4S. The van der Waals surface area contributed by atoms with Crippen LogP contribution in [0.5, 0.6) is 0 Å². The minimum absolute atomic E-state index is 0.00840. The Morgan fingerprint density at radius 2 is 2.29 bits per heavy atom. The molecule has 2 atom stereocenters. The van der Waals surface area contributed by atoms with Gasteiger partial charge in [0.1, 0.15) is 6.10 Å². The van der Waals surface area contributed by atoms with Crippen LogP contribution in [-0.4, -0.2) is 40.5 Å². The molecule has 1 aromatic heterocycles. The quantitative estimate of drug-likeness (QED) is 0.549. The van der Waals surface area contributed by atoms with Gasteiger partial charge >= 0.3 is 5.97 Å². The number of aliphatic hydroxyl groups excluding tert-OH is 2. The van der Waals surface area contributed by atoms with Gasteiger partial charge in [-0.3, -0.25) is 4.79 Å². The van der Waals surface area contributed by atoms with Crippen molar-refractivity contribution in [3.8, 4) is 0 Å². The Morgan fingerprint density at radius 3 is 2.82 bits per heavy atom. The first kappa shape index (κ1) is 14.1. The fraction of sp³-hybridized carbons (Fsp3) is 0.545. The lowest BCUT2D eigenvalue weighted by atomic mass is 10.0. The zero-order chi connectivity index (χ0) is 12.7. The van der Waals surface area contributed by atoms with E-state index >= 15 is 0 Å². The van der Waals surface area contributed by atoms with Crippen molar-refractivity contribution in [2.75, 3.05) is 13.2 Å². The second-order valence-electron chi connectivity index (χ2n) is 3.68. The predicted molar refractivity (Wildman–Crippen MR) is 65.0 cm³/mol. The van der Waals surface area contributed by atoms with E-state index in [0.29, 0.717) is 13.0 Å². The molecular weight excluding hydrogens is 242 g/mol. The summed E-state index contributed by atoms with van der Waals surface area (Å²) in [5.41, 5.74) is 0. The van der Waals surface area contributed by atoms with E-state index in [1.807, 2.05) is 17.5 Å². The molecule has 4 N–H and O–H groups in total. The van der Waals surface area contributed by atoms with Gasteiger partial charge in [-0.15, -0.1) is 11.3 Å². The van der Waals surface area contributed by atoms with Crippen LogP contribution in [-0.2, 0) is 4.79 Å². The molecule has 0 bridgehead atoms. The van der Waals surface area contributed by atoms with Crippen LogP contribution in [0.2, 0.25) is 0 Å². The van der Waals surface area contributed by atoms with Gasteiger partial charge in [-0.25, -0.2) is 0 Å². The van der Waals surface area contributed by atoms with Gasteiger partial charge in [-0.05, 0) is 17.9 Å². The van der Waals surface area contributed by atoms with Crippen molar-refractivity contribution >= 4 is 17.3 Å². The van der Waals surface area contributed by atoms with Crippen molar-refractivity contribution in [1.29, 1.82) is 0 Å². The Morgan fingerprint density at radius 1 is 1.53 bits per heavy atom. The molecule has 0 fully saturated rings. The molecule has 0 saturated carbocycles. The van der Waals surface area contributed by atoms with E-state index in [4.69, 9.17) is 10.2 Å². The van der Waals surface area contributed by atoms with E-state index in [1.165, 1.54) is 11.3 Å². The van der Waals surface area contributed by atoms with Crippen molar-refractivity contribution in [2.24, 2.45) is 0 Å². The smallest absolute Gasteiger partial charge is 0.303 e. The molecule has 0 aliphatic heterocycles. The highest BCUT2D eigenvalue weighted by atomic mass is 32.1. The molecule has 6 heteroatoms. The molecule has 0 aliphatic rings. The summed E-state index contributed by atoms with van der Waals surface area (Å²) in [5.74, 6) is -0.890. The van der Waals surface area contributed by atoms with E-state index in [1.54, 1.807) is 0 Å². The van der Waals surface area contributed by atoms with Crippen molar-refractivity contribution in [2.45, 2.75) is 25.0 Å². The van der Waals surface area contributed by atoms with Gasteiger partial charge in [-0.2, -0.15) is 0 Å². The van der Waals surface area contributed by atoms with Gasteiger partial charge < -0.3 is 20.6 Å².